The smallest absolute Gasteiger partial charge is 0.323 e. The van der Waals surface area contributed by atoms with Gasteiger partial charge in [-0.15, -0.1) is 0 Å². The molecule has 0 aliphatic carbocycles. The molecule has 2 aromatic rings. The minimum absolute atomic E-state index is 0.0676. The molecule has 0 heterocycles. The van der Waals surface area contributed by atoms with Crippen molar-refractivity contribution >= 4 is 52.4 Å². The highest BCUT2D eigenvalue weighted by Gasteiger charge is 2.09. The van der Waals surface area contributed by atoms with E-state index >= 15 is 0 Å². The van der Waals surface area contributed by atoms with E-state index in [-0.39, 0.29) is 11.8 Å². The number of carbonyl (C=O) groups excluding carboxylic acids is 3. The van der Waals surface area contributed by atoms with Crippen LogP contribution >= 0.6 is 23.2 Å². The van der Waals surface area contributed by atoms with Crippen molar-refractivity contribution in [3.05, 3.63) is 58.1 Å². The van der Waals surface area contributed by atoms with Gasteiger partial charge in [-0.25, -0.2) is 4.79 Å². The van der Waals surface area contributed by atoms with Crippen molar-refractivity contribution in [1.82, 2.24) is 10.6 Å². The van der Waals surface area contributed by atoms with E-state index < -0.39 is 6.03 Å². The first-order valence-corrected chi connectivity index (χ1v) is 9.32. The van der Waals surface area contributed by atoms with Gasteiger partial charge in [0.25, 0.3) is 5.91 Å². The fraction of sp³-hybridized carbons (Fsp3) is 0.211. The van der Waals surface area contributed by atoms with Gasteiger partial charge in [0.15, 0.2) is 0 Å². The zero-order chi connectivity index (χ0) is 20.5. The van der Waals surface area contributed by atoms with E-state index in [0.717, 1.165) is 0 Å². The summed E-state index contributed by atoms with van der Waals surface area (Å²) in [6.45, 7) is 2.45. The lowest BCUT2D eigenvalue weighted by Gasteiger charge is -2.10. The van der Waals surface area contributed by atoms with Gasteiger partial charge < -0.3 is 21.3 Å². The Labute approximate surface area is 172 Å². The lowest BCUT2D eigenvalue weighted by molar-refractivity contribution is -0.120. The Morgan fingerprint density at radius 1 is 0.893 bits per heavy atom. The molecule has 9 heteroatoms. The topological polar surface area (TPSA) is 99.3 Å². The predicted molar refractivity (Wildman–Crippen MR) is 111 cm³/mol. The van der Waals surface area contributed by atoms with Crippen LogP contribution < -0.4 is 21.3 Å². The van der Waals surface area contributed by atoms with Gasteiger partial charge in [-0.3, -0.25) is 9.59 Å². The van der Waals surface area contributed by atoms with Crippen LogP contribution in [-0.4, -0.2) is 30.9 Å². The first-order valence-electron chi connectivity index (χ1n) is 8.57. The molecule has 0 spiro atoms. The number of benzene rings is 2. The number of anilines is 2. The summed E-state index contributed by atoms with van der Waals surface area (Å²) in [5, 5.41) is 11.4. The number of carbonyl (C=O) groups is 3. The Morgan fingerprint density at radius 2 is 1.57 bits per heavy atom. The molecular formula is C19H20Cl2N4O3. The van der Waals surface area contributed by atoms with Crippen LogP contribution in [0.3, 0.4) is 0 Å². The van der Waals surface area contributed by atoms with Crippen molar-refractivity contribution in [3.63, 3.8) is 0 Å². The molecule has 2 aromatic carbocycles. The zero-order valence-corrected chi connectivity index (χ0v) is 16.7. The van der Waals surface area contributed by atoms with Crippen LogP contribution in [0.1, 0.15) is 23.7 Å². The molecule has 0 saturated carbocycles. The van der Waals surface area contributed by atoms with Crippen LogP contribution in [0.2, 0.25) is 10.0 Å². The van der Waals surface area contributed by atoms with E-state index in [0.29, 0.717) is 46.5 Å². The molecule has 0 saturated heterocycles. The normalized spacial score (nSPS) is 10.1. The lowest BCUT2D eigenvalue weighted by atomic mass is 10.2. The van der Waals surface area contributed by atoms with E-state index in [2.05, 4.69) is 21.3 Å². The van der Waals surface area contributed by atoms with Gasteiger partial charge in [-0.1, -0.05) is 30.1 Å². The Morgan fingerprint density at radius 3 is 2.25 bits per heavy atom. The maximum atomic E-state index is 12.1. The van der Waals surface area contributed by atoms with Gasteiger partial charge in [-0.2, -0.15) is 0 Å². The SMILES string of the molecule is CCC(=O)NCCNC(=O)c1ccc(NC(=O)Nc2cc(Cl)ccc2Cl)cc1. The average Bonchev–Trinajstić information content (AvgIpc) is 2.68. The van der Waals surface area contributed by atoms with E-state index in [4.69, 9.17) is 23.2 Å². The molecule has 0 aromatic heterocycles. The monoisotopic (exact) mass is 422 g/mol. The third-order valence-corrected chi connectivity index (χ3v) is 4.20. The predicted octanol–water partition coefficient (Wildman–Crippen LogP) is 3.89. The number of hydrogen-bond acceptors (Lipinski definition) is 3. The van der Waals surface area contributed by atoms with Crippen molar-refractivity contribution in [2.45, 2.75) is 13.3 Å². The Balaban J connectivity index is 1.84. The summed E-state index contributed by atoms with van der Waals surface area (Å²) in [7, 11) is 0. The van der Waals surface area contributed by atoms with Crippen LogP contribution in [-0.2, 0) is 4.79 Å². The van der Waals surface area contributed by atoms with Crippen molar-refractivity contribution in [3.8, 4) is 0 Å². The van der Waals surface area contributed by atoms with Gasteiger partial charge in [0.2, 0.25) is 5.91 Å². The van der Waals surface area contributed by atoms with E-state index in [1.165, 1.54) is 0 Å². The Kier molecular flexibility index (Phi) is 8.10. The molecule has 28 heavy (non-hydrogen) atoms. The second-order valence-corrected chi connectivity index (χ2v) is 6.58. The van der Waals surface area contributed by atoms with E-state index in [1.54, 1.807) is 49.4 Å². The average molecular weight is 423 g/mol. The zero-order valence-electron chi connectivity index (χ0n) is 15.1. The second-order valence-electron chi connectivity index (χ2n) is 5.74. The quantitative estimate of drug-likeness (QED) is 0.509. The maximum absolute atomic E-state index is 12.1. The van der Waals surface area contributed by atoms with Gasteiger partial charge in [-0.05, 0) is 42.5 Å². The summed E-state index contributed by atoms with van der Waals surface area (Å²) in [4.78, 5) is 35.3. The molecule has 0 fully saturated rings. The van der Waals surface area contributed by atoms with Crippen LogP contribution in [0, 0.1) is 0 Å². The number of nitrogens with one attached hydrogen (secondary N) is 4. The van der Waals surface area contributed by atoms with Crippen LogP contribution in [0.25, 0.3) is 0 Å². The van der Waals surface area contributed by atoms with Crippen molar-refractivity contribution < 1.29 is 14.4 Å². The molecule has 0 atom stereocenters. The minimum atomic E-state index is -0.493. The third-order valence-electron chi connectivity index (χ3n) is 3.64. The van der Waals surface area contributed by atoms with Gasteiger partial charge in [0.05, 0.1) is 10.7 Å². The first-order chi connectivity index (χ1) is 13.4. The molecule has 0 radical (unpaired) electrons. The van der Waals surface area contributed by atoms with Crippen molar-refractivity contribution in [1.29, 1.82) is 0 Å². The van der Waals surface area contributed by atoms with Crippen molar-refractivity contribution in [2.24, 2.45) is 0 Å². The summed E-state index contributed by atoms with van der Waals surface area (Å²) in [5.74, 6) is -0.338. The second kappa shape index (κ2) is 10.5. The highest BCUT2D eigenvalue weighted by Crippen LogP contribution is 2.25. The summed E-state index contributed by atoms with van der Waals surface area (Å²) in [6, 6.07) is 10.6. The molecule has 7 nitrogen and oxygen atoms in total. The van der Waals surface area contributed by atoms with E-state index in [1.807, 2.05) is 0 Å². The van der Waals surface area contributed by atoms with Crippen LogP contribution in [0.5, 0.6) is 0 Å². The number of amides is 4. The number of rotatable bonds is 7. The molecule has 4 amide bonds. The fourth-order valence-corrected chi connectivity index (χ4v) is 2.52. The number of urea groups is 1. The largest absolute Gasteiger partial charge is 0.354 e. The lowest BCUT2D eigenvalue weighted by Crippen LogP contribution is -2.34. The summed E-state index contributed by atoms with van der Waals surface area (Å²) in [5.41, 5.74) is 1.32. The number of halogens is 2. The first kappa shape index (κ1) is 21.5. The maximum Gasteiger partial charge on any atom is 0.323 e. The van der Waals surface area contributed by atoms with Crippen molar-refractivity contribution in [2.75, 3.05) is 23.7 Å². The minimum Gasteiger partial charge on any atom is -0.354 e. The molecule has 0 unspecified atom stereocenters. The summed E-state index contributed by atoms with van der Waals surface area (Å²) in [6.07, 6.45) is 0.402. The number of hydrogen-bond donors (Lipinski definition) is 4. The third kappa shape index (κ3) is 6.75. The fourth-order valence-electron chi connectivity index (χ4n) is 2.19. The molecule has 148 valence electrons. The molecule has 0 aliphatic heterocycles. The standard InChI is InChI=1S/C19H20Cl2N4O3/c1-2-17(26)22-9-10-23-18(27)12-3-6-14(7-4-12)24-19(28)25-16-11-13(20)5-8-15(16)21/h3-8,11H,2,9-10H2,1H3,(H,22,26)(H,23,27)(H2,24,25,28). The summed E-state index contributed by atoms with van der Waals surface area (Å²) < 4.78 is 0. The Bertz CT molecular complexity index is 857. The van der Waals surface area contributed by atoms with Gasteiger partial charge >= 0.3 is 6.03 Å². The molecular weight excluding hydrogens is 403 g/mol. The van der Waals surface area contributed by atoms with Crippen LogP contribution in [0.15, 0.2) is 42.5 Å². The van der Waals surface area contributed by atoms with Gasteiger partial charge in [0, 0.05) is 35.8 Å². The van der Waals surface area contributed by atoms with Gasteiger partial charge in [0.1, 0.15) is 0 Å². The molecule has 2 rings (SSSR count). The summed E-state index contributed by atoms with van der Waals surface area (Å²) >= 11 is 11.9. The molecule has 0 aliphatic rings. The highest BCUT2D eigenvalue weighted by atomic mass is 35.5. The van der Waals surface area contributed by atoms with E-state index in [9.17, 15) is 14.4 Å². The highest BCUT2D eigenvalue weighted by molar-refractivity contribution is 6.35. The Hall–Kier alpha value is -2.77. The molecule has 0 bridgehead atoms. The van der Waals surface area contributed by atoms with Crippen LogP contribution in [0.4, 0.5) is 16.2 Å². The molecule has 4 N–H and O–H groups in total.